The molecule has 0 saturated carbocycles. The average molecular weight is 300 g/mol. The van der Waals surface area contributed by atoms with Crippen molar-refractivity contribution in [2.24, 2.45) is 11.1 Å². The maximum absolute atomic E-state index is 5.84. The lowest BCUT2D eigenvalue weighted by Gasteiger charge is -2.22. The third kappa shape index (κ3) is 4.20. The fourth-order valence-corrected chi connectivity index (χ4v) is 2.52. The molecule has 2 rings (SSSR count). The Morgan fingerprint density at radius 3 is 2.68 bits per heavy atom. The van der Waals surface area contributed by atoms with Gasteiger partial charge in [-0.3, -0.25) is 4.98 Å². The van der Waals surface area contributed by atoms with Gasteiger partial charge in [0.2, 0.25) is 0 Å². The molecule has 2 N–H and O–H groups in total. The van der Waals surface area contributed by atoms with Crippen molar-refractivity contribution in [2.45, 2.75) is 47.0 Å². The van der Waals surface area contributed by atoms with E-state index >= 15 is 0 Å². The van der Waals surface area contributed by atoms with E-state index in [1.165, 1.54) is 10.9 Å². The van der Waals surface area contributed by atoms with Crippen molar-refractivity contribution in [3.8, 4) is 5.75 Å². The molecule has 3 heteroatoms. The summed E-state index contributed by atoms with van der Waals surface area (Å²) >= 11 is 0. The van der Waals surface area contributed by atoms with Crippen LogP contribution in [0.5, 0.6) is 5.75 Å². The van der Waals surface area contributed by atoms with Gasteiger partial charge in [0, 0.05) is 11.1 Å². The van der Waals surface area contributed by atoms with Gasteiger partial charge in [-0.15, -0.1) is 0 Å². The smallest absolute Gasteiger partial charge is 0.120 e. The summed E-state index contributed by atoms with van der Waals surface area (Å²) in [6.45, 7) is 10.1. The number of aromatic nitrogens is 1. The number of nitrogens with zero attached hydrogens (tertiary/aromatic N) is 1. The van der Waals surface area contributed by atoms with Gasteiger partial charge in [-0.25, -0.2) is 0 Å². The highest BCUT2D eigenvalue weighted by atomic mass is 16.5. The fourth-order valence-electron chi connectivity index (χ4n) is 2.52. The lowest BCUT2D eigenvalue weighted by molar-refractivity contribution is 0.310. The second kappa shape index (κ2) is 7.10. The summed E-state index contributed by atoms with van der Waals surface area (Å²) in [6.07, 6.45) is 3.13. The summed E-state index contributed by atoms with van der Waals surface area (Å²) in [4.78, 5) is 4.80. The van der Waals surface area contributed by atoms with Crippen LogP contribution < -0.4 is 10.5 Å². The predicted octanol–water partition coefficient (Wildman–Crippen LogP) is 4.25. The van der Waals surface area contributed by atoms with Gasteiger partial charge in [0.15, 0.2) is 0 Å². The van der Waals surface area contributed by atoms with Gasteiger partial charge in [-0.1, -0.05) is 27.2 Å². The molecule has 0 aliphatic carbocycles. The average Bonchev–Trinajstić information content (AvgIpc) is 2.48. The van der Waals surface area contributed by atoms with Crippen LogP contribution in [0, 0.1) is 12.3 Å². The molecule has 0 amide bonds. The Bertz CT molecular complexity index is 635. The Morgan fingerprint density at radius 2 is 2.00 bits per heavy atom. The summed E-state index contributed by atoms with van der Waals surface area (Å²) in [5, 5.41) is 1.17. The Hall–Kier alpha value is -1.61. The minimum atomic E-state index is 0.0797. The zero-order chi connectivity index (χ0) is 16.2. The zero-order valence-electron chi connectivity index (χ0n) is 14.3. The first-order valence-corrected chi connectivity index (χ1v) is 8.18. The minimum absolute atomic E-state index is 0.0797. The molecule has 0 bridgehead atoms. The van der Waals surface area contributed by atoms with E-state index in [4.69, 9.17) is 15.5 Å². The molecule has 1 aromatic carbocycles. The molecule has 22 heavy (non-hydrogen) atoms. The molecule has 120 valence electrons. The Labute approximate surface area is 133 Å². The molecule has 0 atom stereocenters. The van der Waals surface area contributed by atoms with Gasteiger partial charge in [-0.2, -0.15) is 0 Å². The monoisotopic (exact) mass is 300 g/mol. The Kier molecular flexibility index (Phi) is 5.41. The van der Waals surface area contributed by atoms with Crippen molar-refractivity contribution in [2.75, 3.05) is 13.2 Å². The van der Waals surface area contributed by atoms with E-state index in [0.29, 0.717) is 6.54 Å². The van der Waals surface area contributed by atoms with Crippen LogP contribution in [0.25, 0.3) is 10.9 Å². The van der Waals surface area contributed by atoms with Gasteiger partial charge in [0.1, 0.15) is 5.75 Å². The molecule has 0 radical (unpaired) electrons. The van der Waals surface area contributed by atoms with E-state index in [2.05, 4.69) is 45.9 Å². The summed E-state index contributed by atoms with van der Waals surface area (Å²) < 4.78 is 5.79. The van der Waals surface area contributed by atoms with Crippen molar-refractivity contribution in [1.29, 1.82) is 0 Å². The lowest BCUT2D eigenvalue weighted by atomic mass is 9.87. The number of nitrogens with two attached hydrogens (primary N) is 1. The molecule has 0 fully saturated rings. The Morgan fingerprint density at radius 1 is 1.23 bits per heavy atom. The summed E-state index contributed by atoms with van der Waals surface area (Å²) in [7, 11) is 0. The predicted molar refractivity (Wildman–Crippen MR) is 93.4 cm³/mol. The topological polar surface area (TPSA) is 48.1 Å². The van der Waals surface area contributed by atoms with E-state index < -0.39 is 0 Å². The van der Waals surface area contributed by atoms with Crippen LogP contribution in [0.3, 0.4) is 0 Å². The Balaban J connectivity index is 2.26. The second-order valence-corrected chi connectivity index (χ2v) is 6.86. The van der Waals surface area contributed by atoms with E-state index in [0.717, 1.165) is 42.8 Å². The number of rotatable bonds is 7. The first kappa shape index (κ1) is 16.8. The van der Waals surface area contributed by atoms with Crippen LogP contribution in [-0.4, -0.2) is 18.1 Å². The minimum Gasteiger partial charge on any atom is -0.494 e. The highest BCUT2D eigenvalue weighted by Gasteiger charge is 2.18. The van der Waals surface area contributed by atoms with Crippen LogP contribution >= 0.6 is 0 Å². The number of ether oxygens (including phenoxy) is 1. The van der Waals surface area contributed by atoms with Crippen molar-refractivity contribution >= 4 is 10.9 Å². The molecule has 0 unspecified atom stereocenters. The van der Waals surface area contributed by atoms with Gasteiger partial charge >= 0.3 is 0 Å². The number of unbranched alkanes of at least 4 members (excludes halogenated alkanes) is 1. The zero-order valence-corrected chi connectivity index (χ0v) is 14.3. The molecule has 3 nitrogen and oxygen atoms in total. The number of pyridine rings is 1. The normalized spacial score (nSPS) is 11.9. The highest BCUT2D eigenvalue weighted by Crippen LogP contribution is 2.26. The number of benzene rings is 1. The van der Waals surface area contributed by atoms with E-state index in [1.807, 2.05) is 6.07 Å². The van der Waals surface area contributed by atoms with Crippen molar-refractivity contribution in [1.82, 2.24) is 4.98 Å². The molecular formula is C19H28N2O. The quantitative estimate of drug-likeness (QED) is 0.778. The van der Waals surface area contributed by atoms with Gasteiger partial charge in [0.25, 0.3) is 0 Å². The first-order chi connectivity index (χ1) is 10.4. The van der Waals surface area contributed by atoms with E-state index in [-0.39, 0.29) is 5.41 Å². The molecular weight excluding hydrogens is 272 g/mol. The molecule has 0 saturated heterocycles. The van der Waals surface area contributed by atoms with Crippen LogP contribution in [0.1, 0.15) is 44.9 Å². The van der Waals surface area contributed by atoms with Gasteiger partial charge in [-0.05, 0) is 61.6 Å². The molecule has 0 spiro atoms. The first-order valence-electron chi connectivity index (χ1n) is 8.18. The van der Waals surface area contributed by atoms with Crippen LogP contribution in [-0.2, 0) is 6.42 Å². The van der Waals surface area contributed by atoms with E-state index in [1.54, 1.807) is 0 Å². The number of hydrogen-bond acceptors (Lipinski definition) is 3. The third-order valence-corrected chi connectivity index (χ3v) is 4.02. The largest absolute Gasteiger partial charge is 0.494 e. The van der Waals surface area contributed by atoms with Crippen LogP contribution in [0.15, 0.2) is 24.3 Å². The third-order valence-electron chi connectivity index (χ3n) is 4.02. The molecule has 1 heterocycles. The molecule has 0 aliphatic rings. The van der Waals surface area contributed by atoms with Crippen molar-refractivity contribution in [3.05, 3.63) is 35.5 Å². The summed E-state index contributed by atoms with van der Waals surface area (Å²) in [5.74, 6) is 0.931. The van der Waals surface area contributed by atoms with Gasteiger partial charge in [0.05, 0.1) is 12.1 Å². The second-order valence-electron chi connectivity index (χ2n) is 6.86. The van der Waals surface area contributed by atoms with Crippen LogP contribution in [0.4, 0.5) is 0 Å². The van der Waals surface area contributed by atoms with Crippen molar-refractivity contribution < 1.29 is 4.74 Å². The van der Waals surface area contributed by atoms with Gasteiger partial charge < -0.3 is 10.5 Å². The fraction of sp³-hybridized carbons (Fsp3) is 0.526. The molecule has 2 aromatic rings. The maximum Gasteiger partial charge on any atom is 0.120 e. The maximum atomic E-state index is 5.84. The highest BCUT2D eigenvalue weighted by molar-refractivity contribution is 5.83. The summed E-state index contributed by atoms with van der Waals surface area (Å²) in [6, 6.07) is 8.35. The number of aryl methyl sites for hydroxylation is 1. The number of fused-ring (bicyclic) bond motifs is 1. The molecule has 1 aromatic heterocycles. The summed E-state index contributed by atoms with van der Waals surface area (Å²) in [5.41, 5.74) is 9.31. The van der Waals surface area contributed by atoms with Crippen molar-refractivity contribution in [3.63, 3.8) is 0 Å². The standard InChI is InChI=1S/C19H28N2O/c1-5-6-9-22-16-7-8-18-17(11-16)14(2)10-15(21-18)12-19(3,4)13-20/h7-8,10-11H,5-6,9,12-13,20H2,1-4H3. The number of hydrogen-bond donors (Lipinski definition) is 1. The molecule has 0 aliphatic heterocycles. The van der Waals surface area contributed by atoms with Crippen LogP contribution in [0.2, 0.25) is 0 Å². The van der Waals surface area contributed by atoms with E-state index in [9.17, 15) is 0 Å². The SMILES string of the molecule is CCCCOc1ccc2nc(CC(C)(C)CN)cc(C)c2c1. The lowest BCUT2D eigenvalue weighted by Crippen LogP contribution is -2.26.